The number of fused-ring (bicyclic) bond motifs is 1. The Hall–Kier alpha value is -1.09. The van der Waals surface area contributed by atoms with E-state index < -0.39 is 0 Å². The van der Waals surface area contributed by atoms with Gasteiger partial charge in [-0.3, -0.25) is 0 Å². The van der Waals surface area contributed by atoms with E-state index in [1.165, 1.54) is 5.56 Å². The Morgan fingerprint density at radius 1 is 1.45 bits per heavy atom. The van der Waals surface area contributed by atoms with Gasteiger partial charge in [-0.25, -0.2) is 4.98 Å². The van der Waals surface area contributed by atoms with Gasteiger partial charge in [0.05, 0.1) is 0 Å². The molecule has 0 aliphatic carbocycles. The van der Waals surface area contributed by atoms with Crippen LogP contribution in [0, 0.1) is 0 Å². The lowest BCUT2D eigenvalue weighted by molar-refractivity contribution is 0.631. The molecule has 0 radical (unpaired) electrons. The van der Waals surface area contributed by atoms with Crippen molar-refractivity contribution in [3.05, 3.63) is 23.4 Å². The molecular formula is C8H11N3. The molecule has 1 aromatic heterocycles. The molecule has 0 spiro atoms. The first-order valence-electron chi connectivity index (χ1n) is 3.81. The van der Waals surface area contributed by atoms with Crippen molar-refractivity contribution in [2.24, 2.45) is 0 Å². The summed E-state index contributed by atoms with van der Waals surface area (Å²) in [5, 5.41) is 3.28. The number of pyridine rings is 1. The summed E-state index contributed by atoms with van der Waals surface area (Å²) in [6.45, 7) is 1.95. The van der Waals surface area contributed by atoms with Crippen LogP contribution in [0.4, 0.5) is 5.82 Å². The summed E-state index contributed by atoms with van der Waals surface area (Å²) < 4.78 is 0. The van der Waals surface area contributed by atoms with Crippen LogP contribution >= 0.6 is 0 Å². The maximum absolute atomic E-state index is 5.55. The molecule has 0 fully saturated rings. The third kappa shape index (κ3) is 1.19. The molecule has 3 N–H and O–H groups in total. The Morgan fingerprint density at radius 3 is 3.27 bits per heavy atom. The molecule has 11 heavy (non-hydrogen) atoms. The minimum absolute atomic E-state index is 0.630. The van der Waals surface area contributed by atoms with E-state index in [0.717, 1.165) is 25.2 Å². The van der Waals surface area contributed by atoms with Gasteiger partial charge in [0.15, 0.2) is 0 Å². The molecule has 0 unspecified atom stereocenters. The third-order valence-electron chi connectivity index (χ3n) is 1.94. The molecule has 1 aromatic rings. The van der Waals surface area contributed by atoms with Crippen LogP contribution in [0.25, 0.3) is 0 Å². The van der Waals surface area contributed by atoms with Crippen LogP contribution in [-0.2, 0) is 13.0 Å². The van der Waals surface area contributed by atoms with Gasteiger partial charge in [0.2, 0.25) is 0 Å². The Balaban J connectivity index is 2.43. The zero-order valence-electron chi connectivity index (χ0n) is 6.30. The predicted molar refractivity (Wildman–Crippen MR) is 44.1 cm³/mol. The van der Waals surface area contributed by atoms with Crippen LogP contribution in [0.15, 0.2) is 12.1 Å². The molecule has 1 aliphatic heterocycles. The van der Waals surface area contributed by atoms with Gasteiger partial charge in [0.1, 0.15) is 5.82 Å². The summed E-state index contributed by atoms with van der Waals surface area (Å²) in [5.74, 6) is 0.630. The zero-order chi connectivity index (χ0) is 7.68. The summed E-state index contributed by atoms with van der Waals surface area (Å²) in [4.78, 5) is 4.25. The second kappa shape index (κ2) is 2.51. The SMILES string of the molecule is Nc1ccc2c(n1)CCNC2. The number of hydrogen-bond acceptors (Lipinski definition) is 3. The van der Waals surface area contributed by atoms with Crippen LogP contribution < -0.4 is 11.1 Å². The Kier molecular flexibility index (Phi) is 1.51. The molecule has 3 nitrogen and oxygen atoms in total. The molecule has 0 amide bonds. The second-order valence-electron chi connectivity index (χ2n) is 2.77. The maximum Gasteiger partial charge on any atom is 0.123 e. The van der Waals surface area contributed by atoms with Crippen molar-refractivity contribution < 1.29 is 0 Å². The fraction of sp³-hybridized carbons (Fsp3) is 0.375. The van der Waals surface area contributed by atoms with Gasteiger partial charge in [-0.15, -0.1) is 0 Å². The minimum atomic E-state index is 0.630. The van der Waals surface area contributed by atoms with Crippen molar-refractivity contribution in [2.45, 2.75) is 13.0 Å². The van der Waals surface area contributed by atoms with Crippen LogP contribution in [0.1, 0.15) is 11.3 Å². The highest BCUT2D eigenvalue weighted by Crippen LogP contribution is 2.12. The largest absolute Gasteiger partial charge is 0.384 e. The van der Waals surface area contributed by atoms with Crippen molar-refractivity contribution in [1.82, 2.24) is 10.3 Å². The molecule has 0 aromatic carbocycles. The molecule has 3 heteroatoms. The molecule has 2 rings (SSSR count). The van der Waals surface area contributed by atoms with Crippen molar-refractivity contribution in [2.75, 3.05) is 12.3 Å². The van der Waals surface area contributed by atoms with Crippen LogP contribution in [0.3, 0.4) is 0 Å². The highest BCUT2D eigenvalue weighted by atomic mass is 14.9. The monoisotopic (exact) mass is 149 g/mol. The summed E-state index contributed by atoms with van der Waals surface area (Å²) >= 11 is 0. The summed E-state index contributed by atoms with van der Waals surface area (Å²) in [7, 11) is 0. The van der Waals surface area contributed by atoms with Crippen LogP contribution in [0.5, 0.6) is 0 Å². The number of rotatable bonds is 0. The van der Waals surface area contributed by atoms with E-state index in [0.29, 0.717) is 5.82 Å². The number of nitrogens with one attached hydrogen (secondary N) is 1. The van der Waals surface area contributed by atoms with Crippen molar-refractivity contribution >= 4 is 5.82 Å². The Morgan fingerprint density at radius 2 is 2.36 bits per heavy atom. The highest BCUT2D eigenvalue weighted by molar-refractivity contribution is 5.35. The van der Waals surface area contributed by atoms with E-state index in [2.05, 4.69) is 10.3 Å². The van der Waals surface area contributed by atoms with Gasteiger partial charge in [-0.05, 0) is 11.6 Å². The highest BCUT2D eigenvalue weighted by Gasteiger charge is 2.08. The van der Waals surface area contributed by atoms with E-state index in [1.807, 2.05) is 12.1 Å². The topological polar surface area (TPSA) is 50.9 Å². The van der Waals surface area contributed by atoms with Crippen LogP contribution in [0.2, 0.25) is 0 Å². The number of aromatic nitrogens is 1. The molecule has 0 atom stereocenters. The van der Waals surface area contributed by atoms with E-state index in [4.69, 9.17) is 5.73 Å². The molecular weight excluding hydrogens is 138 g/mol. The second-order valence-corrected chi connectivity index (χ2v) is 2.77. The number of nitrogens with two attached hydrogens (primary N) is 1. The van der Waals surface area contributed by atoms with E-state index in [9.17, 15) is 0 Å². The summed E-state index contributed by atoms with van der Waals surface area (Å²) in [6, 6.07) is 3.90. The minimum Gasteiger partial charge on any atom is -0.384 e. The van der Waals surface area contributed by atoms with Crippen LogP contribution in [-0.4, -0.2) is 11.5 Å². The lowest BCUT2D eigenvalue weighted by Crippen LogP contribution is -2.24. The van der Waals surface area contributed by atoms with Crippen molar-refractivity contribution in [3.8, 4) is 0 Å². The number of anilines is 1. The molecule has 0 bridgehead atoms. The molecule has 1 aliphatic rings. The number of nitrogen functional groups attached to an aromatic ring is 1. The normalized spacial score (nSPS) is 16.0. The average molecular weight is 149 g/mol. The van der Waals surface area contributed by atoms with Gasteiger partial charge in [-0.2, -0.15) is 0 Å². The standard InChI is InChI=1S/C8H11N3/c9-8-2-1-6-5-10-4-3-7(6)11-8/h1-2,10H,3-5H2,(H2,9,11). The fourth-order valence-electron chi connectivity index (χ4n) is 1.35. The first kappa shape index (κ1) is 6.61. The zero-order valence-corrected chi connectivity index (χ0v) is 6.30. The van der Waals surface area contributed by atoms with E-state index in [-0.39, 0.29) is 0 Å². The van der Waals surface area contributed by atoms with Gasteiger partial charge < -0.3 is 11.1 Å². The van der Waals surface area contributed by atoms with Gasteiger partial charge in [0.25, 0.3) is 0 Å². The molecule has 58 valence electrons. The molecule has 0 saturated carbocycles. The average Bonchev–Trinajstić information content (AvgIpc) is 2.04. The van der Waals surface area contributed by atoms with Gasteiger partial charge in [0, 0.05) is 25.2 Å². The molecule has 2 heterocycles. The lowest BCUT2D eigenvalue weighted by atomic mass is 10.1. The quantitative estimate of drug-likeness (QED) is 0.558. The lowest BCUT2D eigenvalue weighted by Gasteiger charge is -2.15. The Bertz CT molecular complexity index is 270. The van der Waals surface area contributed by atoms with E-state index >= 15 is 0 Å². The third-order valence-corrected chi connectivity index (χ3v) is 1.94. The number of nitrogens with zero attached hydrogens (tertiary/aromatic N) is 1. The first-order chi connectivity index (χ1) is 5.36. The Labute approximate surface area is 65.6 Å². The van der Waals surface area contributed by atoms with E-state index in [1.54, 1.807) is 0 Å². The van der Waals surface area contributed by atoms with Gasteiger partial charge >= 0.3 is 0 Å². The molecule has 0 saturated heterocycles. The summed E-state index contributed by atoms with van der Waals surface area (Å²) in [5.41, 5.74) is 7.99. The maximum atomic E-state index is 5.55. The number of hydrogen-bond donors (Lipinski definition) is 2. The fourth-order valence-corrected chi connectivity index (χ4v) is 1.35. The van der Waals surface area contributed by atoms with Crippen molar-refractivity contribution in [1.29, 1.82) is 0 Å². The smallest absolute Gasteiger partial charge is 0.123 e. The first-order valence-corrected chi connectivity index (χ1v) is 3.81. The van der Waals surface area contributed by atoms with Gasteiger partial charge in [-0.1, -0.05) is 6.07 Å². The predicted octanol–water partition coefficient (Wildman–Crippen LogP) is 0.309. The van der Waals surface area contributed by atoms with Crippen molar-refractivity contribution in [3.63, 3.8) is 0 Å². The summed E-state index contributed by atoms with van der Waals surface area (Å²) in [6.07, 6.45) is 1.00.